The van der Waals surface area contributed by atoms with E-state index in [-0.39, 0.29) is 35.5 Å². The maximum absolute atomic E-state index is 12.8. The van der Waals surface area contributed by atoms with Gasteiger partial charge < -0.3 is 9.47 Å². The van der Waals surface area contributed by atoms with Gasteiger partial charge in [0.05, 0.1) is 24.7 Å². The summed E-state index contributed by atoms with van der Waals surface area (Å²) in [4.78, 5) is 25.6. The van der Waals surface area contributed by atoms with E-state index >= 15 is 0 Å². The van der Waals surface area contributed by atoms with Crippen molar-refractivity contribution >= 4 is 45.6 Å². The minimum absolute atomic E-state index is 0.149. The number of hydrazone groups is 1. The van der Waals surface area contributed by atoms with Crippen LogP contribution in [-0.4, -0.2) is 35.2 Å². The Morgan fingerprint density at radius 2 is 1.83 bits per heavy atom. The fourth-order valence-electron chi connectivity index (χ4n) is 4.48. The minimum Gasteiger partial charge on any atom is -0.490 e. The highest BCUT2D eigenvalue weighted by Gasteiger charge is 2.59. The second-order valence-electron chi connectivity index (χ2n) is 8.80. The number of amides is 2. The predicted molar refractivity (Wildman–Crippen MR) is 118 cm³/mol. The summed E-state index contributed by atoms with van der Waals surface area (Å²) < 4.78 is 12.3. The highest BCUT2D eigenvalue weighted by atomic mass is 79.9. The maximum Gasteiger partial charge on any atom is 0.254 e. The summed E-state index contributed by atoms with van der Waals surface area (Å²) in [5.41, 5.74) is 0.118. The third-order valence-electron chi connectivity index (χ3n) is 5.62. The zero-order chi connectivity index (χ0) is 21.8. The standard InChI is InChI=1S/C22H24BrClN2O4/c1-5-29-14-9-13(17(23)18(24)19(14)30-22(2,3)4)10-25-26-20(27)15-11-6-7-12(8-11)16(15)21(26)28/h6-7,9-12,15-16H,5,8H2,1-4H3. The molecular formula is C22H24BrClN2O4. The number of imide groups is 1. The van der Waals surface area contributed by atoms with Crippen molar-refractivity contribution in [1.29, 1.82) is 0 Å². The van der Waals surface area contributed by atoms with E-state index in [0.29, 0.717) is 33.2 Å². The van der Waals surface area contributed by atoms with E-state index < -0.39 is 5.60 Å². The number of hydrogen-bond donors (Lipinski definition) is 0. The Morgan fingerprint density at radius 3 is 2.37 bits per heavy atom. The van der Waals surface area contributed by atoms with Gasteiger partial charge >= 0.3 is 0 Å². The van der Waals surface area contributed by atoms with Crippen LogP contribution in [0.1, 0.15) is 39.7 Å². The third-order valence-corrected chi connectivity index (χ3v) is 7.07. The average Bonchev–Trinajstić information content (AvgIpc) is 3.34. The number of ether oxygens (including phenoxy) is 2. The second-order valence-corrected chi connectivity index (χ2v) is 9.97. The molecule has 0 N–H and O–H groups in total. The molecule has 1 aliphatic heterocycles. The van der Waals surface area contributed by atoms with Gasteiger partial charge in [-0.15, -0.1) is 0 Å². The van der Waals surface area contributed by atoms with Gasteiger partial charge in [-0.1, -0.05) is 23.8 Å². The monoisotopic (exact) mass is 494 g/mol. The summed E-state index contributed by atoms with van der Waals surface area (Å²) in [5.74, 6) is 0.195. The van der Waals surface area contributed by atoms with Gasteiger partial charge in [0, 0.05) is 10.0 Å². The number of benzene rings is 1. The van der Waals surface area contributed by atoms with E-state index in [1.807, 2.05) is 27.7 Å². The highest BCUT2D eigenvalue weighted by Crippen LogP contribution is 2.52. The number of rotatable bonds is 5. The lowest BCUT2D eigenvalue weighted by Crippen LogP contribution is -2.28. The summed E-state index contributed by atoms with van der Waals surface area (Å²) in [6.07, 6.45) is 6.47. The minimum atomic E-state index is -0.468. The first-order valence-corrected chi connectivity index (χ1v) is 11.2. The Bertz CT molecular complexity index is 939. The quantitative estimate of drug-likeness (QED) is 0.334. The number of carbonyl (C=O) groups is 2. The van der Waals surface area contributed by atoms with E-state index in [1.165, 1.54) is 6.21 Å². The van der Waals surface area contributed by atoms with Gasteiger partial charge in [-0.25, -0.2) is 0 Å². The van der Waals surface area contributed by atoms with E-state index in [1.54, 1.807) is 6.07 Å². The molecule has 3 aliphatic rings. The Kier molecular flexibility index (Phi) is 5.47. The van der Waals surface area contributed by atoms with Crippen LogP contribution in [0.4, 0.5) is 0 Å². The first-order chi connectivity index (χ1) is 14.1. The fourth-order valence-corrected chi connectivity index (χ4v) is 5.12. The Hall–Kier alpha value is -1.86. The highest BCUT2D eigenvalue weighted by molar-refractivity contribution is 9.10. The largest absolute Gasteiger partial charge is 0.490 e. The summed E-state index contributed by atoms with van der Waals surface area (Å²) in [6, 6.07) is 1.74. The molecule has 30 heavy (non-hydrogen) atoms. The summed E-state index contributed by atoms with van der Waals surface area (Å²) in [6.45, 7) is 8.06. The Morgan fingerprint density at radius 1 is 1.23 bits per heavy atom. The number of nitrogens with zero attached hydrogens (tertiary/aromatic N) is 2. The topological polar surface area (TPSA) is 68.2 Å². The van der Waals surface area contributed by atoms with Gasteiger partial charge in [0.1, 0.15) is 10.6 Å². The lowest BCUT2D eigenvalue weighted by molar-refractivity contribution is -0.140. The molecule has 2 aliphatic carbocycles. The second kappa shape index (κ2) is 7.68. The average molecular weight is 496 g/mol. The number of hydrogen-bond acceptors (Lipinski definition) is 5. The van der Waals surface area contributed by atoms with Crippen molar-refractivity contribution in [3.05, 3.63) is 33.3 Å². The van der Waals surface area contributed by atoms with Crippen molar-refractivity contribution in [1.82, 2.24) is 5.01 Å². The molecule has 1 saturated carbocycles. The van der Waals surface area contributed by atoms with E-state index in [0.717, 1.165) is 11.4 Å². The van der Waals surface area contributed by atoms with Gasteiger partial charge in [-0.3, -0.25) is 9.59 Å². The molecule has 4 rings (SSSR count). The van der Waals surface area contributed by atoms with Crippen LogP contribution in [0.2, 0.25) is 5.02 Å². The molecule has 2 fully saturated rings. The molecule has 8 heteroatoms. The number of fused-ring (bicyclic) bond motifs is 5. The normalized spacial score (nSPS) is 27.5. The molecule has 1 heterocycles. The van der Waals surface area contributed by atoms with Crippen LogP contribution in [0.5, 0.6) is 11.5 Å². The van der Waals surface area contributed by atoms with Crippen LogP contribution in [0.25, 0.3) is 0 Å². The number of halogens is 2. The molecule has 160 valence electrons. The van der Waals surface area contributed by atoms with Crippen LogP contribution in [-0.2, 0) is 9.59 Å². The summed E-state index contributed by atoms with van der Waals surface area (Å²) in [7, 11) is 0. The molecule has 0 radical (unpaired) electrons. The fraction of sp³-hybridized carbons (Fsp3) is 0.500. The molecule has 4 unspecified atom stereocenters. The molecule has 0 spiro atoms. The molecular weight excluding hydrogens is 472 g/mol. The van der Waals surface area contributed by atoms with E-state index in [2.05, 4.69) is 33.2 Å². The molecule has 2 bridgehead atoms. The lowest BCUT2D eigenvalue weighted by atomic mass is 9.85. The van der Waals surface area contributed by atoms with Gasteiger partial charge in [-0.05, 0) is 67.9 Å². The van der Waals surface area contributed by atoms with Gasteiger partial charge in [0.2, 0.25) is 0 Å². The van der Waals surface area contributed by atoms with Crippen LogP contribution in [0, 0.1) is 23.7 Å². The summed E-state index contributed by atoms with van der Waals surface area (Å²) >= 11 is 10.0. The van der Waals surface area contributed by atoms with Crippen molar-refractivity contribution in [2.24, 2.45) is 28.8 Å². The molecule has 0 aromatic heterocycles. The van der Waals surface area contributed by atoms with Crippen molar-refractivity contribution in [2.75, 3.05) is 6.61 Å². The van der Waals surface area contributed by atoms with Crippen LogP contribution >= 0.6 is 27.5 Å². The van der Waals surface area contributed by atoms with Crippen molar-refractivity contribution in [3.63, 3.8) is 0 Å². The number of allylic oxidation sites excluding steroid dienone is 2. The van der Waals surface area contributed by atoms with Crippen LogP contribution in [0.15, 0.2) is 27.8 Å². The molecule has 1 saturated heterocycles. The lowest BCUT2D eigenvalue weighted by Gasteiger charge is -2.25. The smallest absolute Gasteiger partial charge is 0.254 e. The van der Waals surface area contributed by atoms with Gasteiger partial charge in [0.25, 0.3) is 11.8 Å². The van der Waals surface area contributed by atoms with Crippen LogP contribution < -0.4 is 9.47 Å². The molecule has 4 atom stereocenters. The Labute approximate surface area is 189 Å². The third kappa shape index (κ3) is 3.56. The molecule has 2 amide bonds. The number of carbonyl (C=O) groups excluding carboxylic acids is 2. The first-order valence-electron chi connectivity index (χ1n) is 10.1. The maximum atomic E-state index is 12.8. The SMILES string of the molecule is CCOc1cc(C=NN2C(=O)C3C4C=CC(C4)C3C2=O)c(Br)c(Cl)c1OC(C)(C)C. The van der Waals surface area contributed by atoms with Crippen molar-refractivity contribution in [2.45, 2.75) is 39.7 Å². The predicted octanol–water partition coefficient (Wildman–Crippen LogP) is 4.82. The van der Waals surface area contributed by atoms with Gasteiger partial charge in [0.15, 0.2) is 11.5 Å². The first kappa shape index (κ1) is 21.4. The van der Waals surface area contributed by atoms with Crippen molar-refractivity contribution < 1.29 is 19.1 Å². The summed E-state index contributed by atoms with van der Waals surface area (Å²) in [5, 5.41) is 5.60. The molecule has 6 nitrogen and oxygen atoms in total. The molecule has 1 aromatic carbocycles. The van der Waals surface area contributed by atoms with E-state index in [9.17, 15) is 9.59 Å². The zero-order valence-corrected chi connectivity index (χ0v) is 19.7. The van der Waals surface area contributed by atoms with Crippen molar-refractivity contribution in [3.8, 4) is 11.5 Å². The zero-order valence-electron chi connectivity index (χ0n) is 17.3. The van der Waals surface area contributed by atoms with Gasteiger partial charge in [-0.2, -0.15) is 10.1 Å². The van der Waals surface area contributed by atoms with Crippen LogP contribution in [0.3, 0.4) is 0 Å². The van der Waals surface area contributed by atoms with E-state index in [4.69, 9.17) is 21.1 Å². The molecule has 1 aromatic rings. The Balaban J connectivity index is 1.64.